The maximum absolute atomic E-state index is 13.2. The number of rotatable bonds is 10. The minimum Gasteiger partial charge on any atom is -0.476 e. The summed E-state index contributed by atoms with van der Waals surface area (Å²) in [7, 11) is -3.37. The van der Waals surface area contributed by atoms with Crippen LogP contribution in [0.5, 0.6) is 11.8 Å². The van der Waals surface area contributed by atoms with Gasteiger partial charge in [-0.2, -0.15) is 4.98 Å². The second-order valence-electron chi connectivity index (χ2n) is 7.85. The Kier molecular flexibility index (Phi) is 6.53. The van der Waals surface area contributed by atoms with Gasteiger partial charge in [-0.3, -0.25) is 4.79 Å². The minimum absolute atomic E-state index is 0.0660. The molecule has 1 atom stereocenters. The van der Waals surface area contributed by atoms with Gasteiger partial charge in [0.25, 0.3) is 5.92 Å². The van der Waals surface area contributed by atoms with Crippen molar-refractivity contribution in [3.05, 3.63) is 12.1 Å². The summed E-state index contributed by atoms with van der Waals surface area (Å²) < 4.78 is 59.7. The quantitative estimate of drug-likeness (QED) is 0.518. The molecule has 0 spiro atoms. The number of amides is 2. The van der Waals surface area contributed by atoms with Gasteiger partial charge < -0.3 is 25.4 Å². The molecule has 3 rings (SSSR count). The van der Waals surface area contributed by atoms with Gasteiger partial charge >= 0.3 is 6.09 Å². The van der Waals surface area contributed by atoms with E-state index in [0.717, 1.165) is 19.1 Å². The number of hydrogen-bond donors (Lipinski definition) is 2. The van der Waals surface area contributed by atoms with Crippen molar-refractivity contribution in [3.63, 3.8) is 0 Å². The molecule has 2 heterocycles. The molecule has 2 aliphatic rings. The lowest BCUT2D eigenvalue weighted by Gasteiger charge is -2.40. The van der Waals surface area contributed by atoms with Gasteiger partial charge in [-0.05, 0) is 31.2 Å². The predicted octanol–water partition coefficient (Wildman–Crippen LogP) is 0.703. The molecule has 0 radical (unpaired) electrons. The van der Waals surface area contributed by atoms with E-state index in [1.807, 2.05) is 0 Å². The van der Waals surface area contributed by atoms with Gasteiger partial charge in [-0.25, -0.2) is 22.0 Å². The zero-order chi connectivity index (χ0) is 22.8. The first kappa shape index (κ1) is 23.0. The van der Waals surface area contributed by atoms with Gasteiger partial charge in [0, 0.05) is 12.3 Å². The van der Waals surface area contributed by atoms with Crippen molar-refractivity contribution in [3.8, 4) is 11.8 Å². The van der Waals surface area contributed by atoms with Gasteiger partial charge in [0.05, 0.1) is 25.4 Å². The van der Waals surface area contributed by atoms with Crippen LogP contribution in [0.3, 0.4) is 0 Å². The van der Waals surface area contributed by atoms with Crippen LogP contribution in [0.25, 0.3) is 0 Å². The topological polar surface area (TPSA) is 141 Å². The average Bonchev–Trinajstić information content (AvgIpc) is 3.45. The molecule has 172 valence electrons. The molecule has 1 aromatic rings. The normalized spacial score (nSPS) is 18.6. The summed E-state index contributed by atoms with van der Waals surface area (Å²) in [5.41, 5.74) is 5.56. The Morgan fingerprint density at radius 1 is 1.35 bits per heavy atom. The average molecular weight is 462 g/mol. The van der Waals surface area contributed by atoms with Crippen LogP contribution < -0.4 is 25.4 Å². The molecule has 1 aliphatic carbocycles. The van der Waals surface area contributed by atoms with Gasteiger partial charge in [-0.1, -0.05) is 0 Å². The molecule has 10 nitrogen and oxygen atoms in total. The summed E-state index contributed by atoms with van der Waals surface area (Å²) in [6.07, 6.45) is 1.73. The van der Waals surface area contributed by atoms with Crippen LogP contribution in [0.2, 0.25) is 0 Å². The fourth-order valence-corrected chi connectivity index (χ4v) is 3.53. The molecule has 0 bridgehead atoms. The zero-order valence-corrected chi connectivity index (χ0v) is 17.7. The fourth-order valence-electron chi connectivity index (χ4n) is 2.87. The van der Waals surface area contributed by atoms with Crippen molar-refractivity contribution in [1.82, 2.24) is 10.3 Å². The molecule has 3 N–H and O–H groups in total. The van der Waals surface area contributed by atoms with E-state index in [-0.39, 0.29) is 23.9 Å². The van der Waals surface area contributed by atoms with Crippen molar-refractivity contribution >= 4 is 27.5 Å². The number of sulfone groups is 1. The Hall–Kier alpha value is -2.70. The maximum atomic E-state index is 13.2. The van der Waals surface area contributed by atoms with Crippen LogP contribution in [0, 0.1) is 5.92 Å². The van der Waals surface area contributed by atoms with E-state index in [2.05, 4.69) is 10.3 Å². The number of nitrogens with zero attached hydrogens (tertiary/aromatic N) is 2. The van der Waals surface area contributed by atoms with Gasteiger partial charge in [0.2, 0.25) is 17.7 Å². The zero-order valence-electron chi connectivity index (χ0n) is 16.8. The van der Waals surface area contributed by atoms with Crippen LogP contribution >= 0.6 is 0 Å². The highest BCUT2D eigenvalue weighted by Gasteiger charge is 2.45. The number of aromatic nitrogens is 1. The highest BCUT2D eigenvalue weighted by atomic mass is 32.2. The summed E-state index contributed by atoms with van der Waals surface area (Å²) >= 11 is 0. The second-order valence-corrected chi connectivity index (χ2v) is 10.1. The number of nitrogens with two attached hydrogens (primary N) is 1. The number of primary amides is 1. The Morgan fingerprint density at radius 2 is 2.03 bits per heavy atom. The van der Waals surface area contributed by atoms with Gasteiger partial charge in [0.1, 0.15) is 21.6 Å². The third-order valence-electron chi connectivity index (χ3n) is 4.76. The smallest absolute Gasteiger partial charge is 0.414 e. The molecule has 2 amide bonds. The number of anilines is 1. The highest BCUT2D eigenvalue weighted by Crippen LogP contribution is 2.38. The Bertz CT molecular complexity index is 946. The van der Waals surface area contributed by atoms with Crippen LogP contribution in [0.15, 0.2) is 12.1 Å². The van der Waals surface area contributed by atoms with E-state index >= 15 is 0 Å². The third kappa shape index (κ3) is 6.91. The SMILES string of the molecule is CS(=O)(=O)CC[C@H](NC(=O)Oc1ccc(N2CC(F)(F)C2)c(OCC2CC2)n1)C(N)=O. The number of hydrogen-bond acceptors (Lipinski definition) is 8. The highest BCUT2D eigenvalue weighted by molar-refractivity contribution is 7.90. The lowest BCUT2D eigenvalue weighted by atomic mass is 10.1. The van der Waals surface area contributed by atoms with E-state index in [1.54, 1.807) is 0 Å². The molecule has 1 aliphatic heterocycles. The number of alkyl halides is 2. The molecule has 0 aromatic carbocycles. The number of pyridine rings is 1. The molecule has 1 saturated carbocycles. The Morgan fingerprint density at radius 3 is 2.58 bits per heavy atom. The standard InChI is InChI=1S/C18H24F2N4O6S/c1-31(27,28)7-6-12(15(21)25)22-17(26)30-14-5-4-13(24-9-18(19,20)10-24)16(23-14)29-8-11-2-3-11/h4-5,11-12H,2-3,6-10H2,1H3,(H2,21,25)(H,22,26)/t12-/m0/s1. The Labute approximate surface area is 178 Å². The van der Waals surface area contributed by atoms with E-state index in [0.29, 0.717) is 18.2 Å². The first-order valence-electron chi connectivity index (χ1n) is 9.64. The van der Waals surface area contributed by atoms with Crippen molar-refractivity contribution in [2.45, 2.75) is 31.2 Å². The predicted molar refractivity (Wildman–Crippen MR) is 106 cm³/mol. The summed E-state index contributed by atoms with van der Waals surface area (Å²) in [5, 5.41) is 2.20. The largest absolute Gasteiger partial charge is 0.476 e. The lowest BCUT2D eigenvalue weighted by Crippen LogP contribution is -2.56. The maximum Gasteiger partial charge on any atom is 0.414 e. The number of nitrogens with one attached hydrogen (secondary N) is 1. The summed E-state index contributed by atoms with van der Waals surface area (Å²) in [5.74, 6) is -3.78. The Balaban J connectivity index is 1.65. The summed E-state index contributed by atoms with van der Waals surface area (Å²) in [6.45, 7) is -0.555. The lowest BCUT2D eigenvalue weighted by molar-refractivity contribution is -0.119. The second kappa shape index (κ2) is 8.81. The molecule has 31 heavy (non-hydrogen) atoms. The van der Waals surface area contributed by atoms with Crippen LogP contribution in [-0.2, 0) is 14.6 Å². The summed E-state index contributed by atoms with van der Waals surface area (Å²) in [6, 6.07) is 1.52. The van der Waals surface area contributed by atoms with Gasteiger partial charge in [0.15, 0.2) is 0 Å². The van der Waals surface area contributed by atoms with Crippen molar-refractivity contribution in [1.29, 1.82) is 0 Å². The fraction of sp³-hybridized carbons (Fsp3) is 0.611. The molecule has 1 saturated heterocycles. The van der Waals surface area contributed by atoms with Crippen molar-refractivity contribution in [2.24, 2.45) is 11.7 Å². The molecular weight excluding hydrogens is 438 g/mol. The third-order valence-corrected chi connectivity index (χ3v) is 5.74. The molecule has 13 heteroatoms. The van der Waals surface area contributed by atoms with E-state index in [9.17, 15) is 26.8 Å². The number of carbonyl (C=O) groups excluding carboxylic acids is 2. The molecule has 1 aromatic heterocycles. The van der Waals surface area contributed by atoms with Gasteiger partial charge in [-0.15, -0.1) is 0 Å². The van der Waals surface area contributed by atoms with E-state index < -0.39 is 46.9 Å². The minimum atomic E-state index is -3.37. The summed E-state index contributed by atoms with van der Waals surface area (Å²) in [4.78, 5) is 29.1. The first-order valence-corrected chi connectivity index (χ1v) is 11.7. The first-order chi connectivity index (χ1) is 14.4. The molecule has 0 unspecified atom stereocenters. The van der Waals surface area contributed by atoms with Crippen LogP contribution in [0.4, 0.5) is 19.3 Å². The van der Waals surface area contributed by atoms with E-state index in [1.165, 1.54) is 17.0 Å². The molecule has 2 fully saturated rings. The van der Waals surface area contributed by atoms with Crippen LogP contribution in [0.1, 0.15) is 19.3 Å². The van der Waals surface area contributed by atoms with Crippen molar-refractivity contribution < 1.29 is 36.3 Å². The van der Waals surface area contributed by atoms with Crippen molar-refractivity contribution in [2.75, 3.05) is 36.6 Å². The van der Waals surface area contributed by atoms with Crippen LogP contribution in [-0.4, -0.2) is 69.1 Å². The number of ether oxygens (including phenoxy) is 2. The number of carbonyl (C=O) groups is 2. The van der Waals surface area contributed by atoms with E-state index in [4.69, 9.17) is 15.2 Å². The molecular formula is C18H24F2N4O6S. The number of halogens is 2. The monoisotopic (exact) mass is 462 g/mol.